The van der Waals surface area contributed by atoms with Crippen molar-refractivity contribution in [3.05, 3.63) is 71.9 Å². The molecule has 0 unspecified atom stereocenters. The standard InChI is InChI=1S/C27H28FN5O2/c1-32(2)18-10-13-33(14-11-18)19-7-8-21-22(16-19)31-27(30-21)26(34)17-9-12-29-23(15-17)25-20(28)5-4-6-24(25)35-3/h4-9,12,15-16,18H,10-11,13-14H2,1-3H3,(H,30,31). The first-order valence-corrected chi connectivity index (χ1v) is 11.7. The van der Waals surface area contributed by atoms with Crippen LogP contribution >= 0.6 is 0 Å². The Balaban J connectivity index is 1.41. The average Bonchev–Trinajstić information content (AvgIpc) is 3.31. The number of rotatable bonds is 6. The molecule has 2 aromatic heterocycles. The second-order valence-electron chi connectivity index (χ2n) is 9.04. The van der Waals surface area contributed by atoms with Crippen LogP contribution in [0.5, 0.6) is 5.75 Å². The maximum atomic E-state index is 14.5. The molecule has 5 rings (SSSR count). The lowest BCUT2D eigenvalue weighted by molar-refractivity contribution is 0.103. The molecule has 0 atom stereocenters. The van der Waals surface area contributed by atoms with Gasteiger partial charge in [0.2, 0.25) is 5.78 Å². The van der Waals surface area contributed by atoms with Gasteiger partial charge in [-0.1, -0.05) is 6.07 Å². The van der Waals surface area contributed by atoms with Crippen molar-refractivity contribution >= 4 is 22.5 Å². The summed E-state index contributed by atoms with van der Waals surface area (Å²) in [5, 5.41) is 0. The van der Waals surface area contributed by atoms with Gasteiger partial charge in [0.05, 0.1) is 29.4 Å². The Morgan fingerprint density at radius 3 is 2.69 bits per heavy atom. The highest BCUT2D eigenvalue weighted by Crippen LogP contribution is 2.32. The number of carbonyl (C=O) groups excluding carboxylic acids is 1. The van der Waals surface area contributed by atoms with E-state index in [1.165, 1.54) is 19.4 Å². The summed E-state index contributed by atoms with van der Waals surface area (Å²) in [5.74, 6) is -0.157. The predicted octanol–water partition coefficient (Wildman–Crippen LogP) is 4.53. The number of ketones is 1. The van der Waals surface area contributed by atoms with Gasteiger partial charge in [0.15, 0.2) is 5.82 Å². The number of aromatic amines is 1. The van der Waals surface area contributed by atoms with Gasteiger partial charge in [-0.25, -0.2) is 9.37 Å². The highest BCUT2D eigenvalue weighted by atomic mass is 19.1. The molecule has 180 valence electrons. The summed E-state index contributed by atoms with van der Waals surface area (Å²) in [6.07, 6.45) is 3.73. The first-order chi connectivity index (χ1) is 16.9. The van der Waals surface area contributed by atoms with Crippen molar-refractivity contribution in [2.24, 2.45) is 0 Å². The predicted molar refractivity (Wildman–Crippen MR) is 135 cm³/mol. The molecule has 4 aromatic rings. The van der Waals surface area contributed by atoms with Crippen LogP contribution in [0.4, 0.5) is 10.1 Å². The number of ether oxygens (including phenoxy) is 1. The first kappa shape index (κ1) is 23.0. The molecule has 1 fully saturated rings. The van der Waals surface area contributed by atoms with Crippen molar-refractivity contribution in [1.82, 2.24) is 19.9 Å². The molecule has 0 saturated carbocycles. The summed E-state index contributed by atoms with van der Waals surface area (Å²) in [6.45, 7) is 1.99. The molecular formula is C27H28FN5O2. The van der Waals surface area contributed by atoms with Crippen LogP contribution in [0.3, 0.4) is 0 Å². The third-order valence-electron chi connectivity index (χ3n) is 6.71. The Morgan fingerprint density at radius 1 is 1.14 bits per heavy atom. The molecule has 3 heterocycles. The maximum Gasteiger partial charge on any atom is 0.228 e. The molecule has 35 heavy (non-hydrogen) atoms. The molecule has 1 aliphatic heterocycles. The number of benzene rings is 2. The number of hydrogen-bond acceptors (Lipinski definition) is 6. The number of nitrogens with zero attached hydrogens (tertiary/aromatic N) is 4. The zero-order chi connectivity index (χ0) is 24.5. The molecule has 0 aliphatic carbocycles. The summed E-state index contributed by atoms with van der Waals surface area (Å²) >= 11 is 0. The fourth-order valence-corrected chi connectivity index (χ4v) is 4.71. The Bertz CT molecular complexity index is 1380. The number of carbonyl (C=O) groups is 1. The molecule has 0 bridgehead atoms. The van der Waals surface area contributed by atoms with Gasteiger partial charge in [-0.15, -0.1) is 0 Å². The summed E-state index contributed by atoms with van der Waals surface area (Å²) in [4.78, 5) is 29.9. The lowest BCUT2D eigenvalue weighted by Crippen LogP contribution is -2.41. The number of halogens is 1. The minimum absolute atomic E-state index is 0.219. The van der Waals surface area contributed by atoms with E-state index >= 15 is 0 Å². The van der Waals surface area contributed by atoms with Crippen molar-refractivity contribution < 1.29 is 13.9 Å². The lowest BCUT2D eigenvalue weighted by Gasteiger charge is -2.36. The van der Waals surface area contributed by atoms with Crippen molar-refractivity contribution in [2.45, 2.75) is 18.9 Å². The minimum Gasteiger partial charge on any atom is -0.496 e. The Hall–Kier alpha value is -3.78. The fraction of sp³-hybridized carbons (Fsp3) is 0.296. The molecule has 0 radical (unpaired) electrons. The number of anilines is 1. The summed E-state index contributed by atoms with van der Waals surface area (Å²) in [5.41, 5.74) is 3.57. The van der Waals surface area contributed by atoms with E-state index < -0.39 is 5.82 Å². The molecule has 2 aromatic carbocycles. The van der Waals surface area contributed by atoms with Crippen LogP contribution in [0.25, 0.3) is 22.3 Å². The van der Waals surface area contributed by atoms with Crippen molar-refractivity contribution in [1.29, 1.82) is 0 Å². The zero-order valence-corrected chi connectivity index (χ0v) is 20.1. The van der Waals surface area contributed by atoms with Crippen LogP contribution in [0.1, 0.15) is 29.0 Å². The third kappa shape index (κ3) is 4.49. The van der Waals surface area contributed by atoms with E-state index in [0.717, 1.165) is 42.7 Å². The molecule has 1 aliphatic rings. The van der Waals surface area contributed by atoms with Gasteiger partial charge < -0.3 is 19.5 Å². The minimum atomic E-state index is -0.465. The molecule has 0 spiro atoms. The highest BCUT2D eigenvalue weighted by Gasteiger charge is 2.22. The van der Waals surface area contributed by atoms with E-state index in [-0.39, 0.29) is 17.2 Å². The lowest BCUT2D eigenvalue weighted by atomic mass is 10.0. The Morgan fingerprint density at radius 2 is 1.94 bits per heavy atom. The normalized spacial score (nSPS) is 14.6. The Labute approximate surface area is 203 Å². The monoisotopic (exact) mass is 473 g/mol. The summed E-state index contributed by atoms with van der Waals surface area (Å²) in [7, 11) is 5.74. The molecule has 7 nitrogen and oxygen atoms in total. The van der Waals surface area contributed by atoms with E-state index in [9.17, 15) is 9.18 Å². The average molecular weight is 474 g/mol. The van der Waals surface area contributed by atoms with E-state index in [0.29, 0.717) is 23.0 Å². The van der Waals surface area contributed by atoms with Gasteiger partial charge in [-0.05, 0) is 69.4 Å². The van der Waals surface area contributed by atoms with Crippen LogP contribution in [-0.4, -0.2) is 66.0 Å². The van der Waals surface area contributed by atoms with Crippen molar-refractivity contribution in [3.8, 4) is 17.0 Å². The summed E-state index contributed by atoms with van der Waals surface area (Å²) < 4.78 is 19.8. The number of piperidine rings is 1. The van der Waals surface area contributed by atoms with Crippen molar-refractivity contribution in [3.63, 3.8) is 0 Å². The number of methoxy groups -OCH3 is 1. The third-order valence-corrected chi connectivity index (χ3v) is 6.71. The fourth-order valence-electron chi connectivity index (χ4n) is 4.71. The topological polar surface area (TPSA) is 74.3 Å². The Kier molecular flexibility index (Phi) is 6.21. The molecule has 0 amide bonds. The SMILES string of the molecule is COc1cccc(F)c1-c1cc(C(=O)c2nc3ccc(N4CCC(N(C)C)CC4)cc3[nH]2)ccn1. The van der Waals surface area contributed by atoms with Crippen LogP contribution in [0.2, 0.25) is 0 Å². The van der Waals surface area contributed by atoms with E-state index in [1.807, 2.05) is 6.07 Å². The second-order valence-corrected chi connectivity index (χ2v) is 9.04. The van der Waals surface area contributed by atoms with Crippen LogP contribution in [0, 0.1) is 5.82 Å². The number of hydrogen-bond donors (Lipinski definition) is 1. The van der Waals surface area contributed by atoms with E-state index in [2.05, 4.69) is 51.0 Å². The number of pyridine rings is 1. The molecular weight excluding hydrogens is 445 g/mol. The first-order valence-electron chi connectivity index (χ1n) is 11.7. The van der Waals surface area contributed by atoms with Gasteiger partial charge in [0.1, 0.15) is 11.6 Å². The maximum absolute atomic E-state index is 14.5. The summed E-state index contributed by atoms with van der Waals surface area (Å²) in [6, 6.07) is 14.4. The number of aromatic nitrogens is 3. The van der Waals surface area contributed by atoms with Gasteiger partial charge in [0, 0.05) is 36.6 Å². The van der Waals surface area contributed by atoms with Crippen molar-refractivity contribution in [2.75, 3.05) is 39.2 Å². The zero-order valence-electron chi connectivity index (χ0n) is 20.1. The van der Waals surface area contributed by atoms with Crippen LogP contribution < -0.4 is 9.64 Å². The van der Waals surface area contributed by atoms with Gasteiger partial charge in [-0.3, -0.25) is 9.78 Å². The molecule has 1 saturated heterocycles. The molecule has 1 N–H and O–H groups in total. The number of imidazole rings is 1. The largest absolute Gasteiger partial charge is 0.496 e. The van der Waals surface area contributed by atoms with Gasteiger partial charge in [-0.2, -0.15) is 0 Å². The van der Waals surface area contributed by atoms with Gasteiger partial charge >= 0.3 is 0 Å². The quantitative estimate of drug-likeness (QED) is 0.415. The molecule has 8 heteroatoms. The van der Waals surface area contributed by atoms with E-state index in [1.54, 1.807) is 24.3 Å². The number of nitrogens with one attached hydrogen (secondary N) is 1. The van der Waals surface area contributed by atoms with E-state index in [4.69, 9.17) is 4.74 Å². The number of H-pyrrole nitrogens is 1. The van der Waals surface area contributed by atoms with Crippen LogP contribution in [0.15, 0.2) is 54.7 Å². The highest BCUT2D eigenvalue weighted by molar-refractivity contribution is 6.08. The second kappa shape index (κ2) is 9.46. The van der Waals surface area contributed by atoms with Crippen LogP contribution in [-0.2, 0) is 0 Å². The van der Waals surface area contributed by atoms with Gasteiger partial charge in [0.25, 0.3) is 0 Å². The number of fused-ring (bicyclic) bond motifs is 1. The smallest absolute Gasteiger partial charge is 0.228 e.